The minimum absolute atomic E-state index is 0.403. The highest BCUT2D eigenvalue weighted by atomic mass is 16.5. The molecule has 1 saturated heterocycles. The van der Waals surface area contributed by atoms with Crippen molar-refractivity contribution < 1.29 is 9.22 Å². The standard InChI is InChI=1S/C12H26NO/c1-4-9-13(12(3)14-5-2)10-7-6-8-11-13/h12H,4-11H2,1-3H3/q+1. The molecule has 14 heavy (non-hydrogen) atoms. The third-order valence-corrected chi connectivity index (χ3v) is 3.56. The number of likely N-dealkylation sites (tertiary alicyclic amines) is 1. The number of piperidine rings is 1. The van der Waals surface area contributed by atoms with E-state index < -0.39 is 0 Å². The van der Waals surface area contributed by atoms with Crippen molar-refractivity contribution in [3.63, 3.8) is 0 Å². The van der Waals surface area contributed by atoms with Gasteiger partial charge in [0.25, 0.3) is 0 Å². The number of nitrogens with zero attached hydrogens (tertiary/aromatic N) is 1. The molecule has 1 aliphatic rings. The van der Waals surface area contributed by atoms with E-state index in [9.17, 15) is 0 Å². The molecule has 0 amide bonds. The lowest BCUT2D eigenvalue weighted by Gasteiger charge is -2.45. The van der Waals surface area contributed by atoms with Gasteiger partial charge in [-0.3, -0.25) is 4.48 Å². The number of hydrogen-bond acceptors (Lipinski definition) is 1. The maximum Gasteiger partial charge on any atom is 0.190 e. The lowest BCUT2D eigenvalue weighted by Crippen LogP contribution is -2.58. The van der Waals surface area contributed by atoms with E-state index in [2.05, 4.69) is 20.8 Å². The molecule has 1 atom stereocenters. The van der Waals surface area contributed by atoms with Crippen molar-refractivity contribution in [2.24, 2.45) is 0 Å². The van der Waals surface area contributed by atoms with Crippen molar-refractivity contribution in [3.8, 4) is 0 Å². The van der Waals surface area contributed by atoms with Crippen LogP contribution in [0.3, 0.4) is 0 Å². The van der Waals surface area contributed by atoms with Gasteiger partial charge in [0.2, 0.25) is 0 Å². The highest BCUT2D eigenvalue weighted by Gasteiger charge is 2.34. The fourth-order valence-electron chi connectivity index (χ4n) is 2.76. The Bertz CT molecular complexity index is 147. The quantitative estimate of drug-likeness (QED) is 0.620. The molecule has 0 aromatic carbocycles. The molecule has 0 radical (unpaired) electrons. The van der Waals surface area contributed by atoms with Gasteiger partial charge in [0.1, 0.15) is 0 Å². The molecule has 0 bridgehead atoms. The van der Waals surface area contributed by atoms with Gasteiger partial charge in [-0.25, -0.2) is 0 Å². The second-order valence-corrected chi connectivity index (χ2v) is 4.50. The van der Waals surface area contributed by atoms with Crippen molar-refractivity contribution in [2.45, 2.75) is 52.7 Å². The Morgan fingerprint density at radius 1 is 1.14 bits per heavy atom. The molecular formula is C12H26NO+. The van der Waals surface area contributed by atoms with Crippen molar-refractivity contribution in [2.75, 3.05) is 26.2 Å². The first-order valence-electron chi connectivity index (χ1n) is 6.22. The minimum Gasteiger partial charge on any atom is -0.330 e. The largest absolute Gasteiger partial charge is 0.330 e. The zero-order chi connectivity index (χ0) is 10.4. The van der Waals surface area contributed by atoms with Crippen LogP contribution < -0.4 is 0 Å². The van der Waals surface area contributed by atoms with Gasteiger partial charge in [0.15, 0.2) is 6.23 Å². The van der Waals surface area contributed by atoms with Crippen molar-refractivity contribution >= 4 is 0 Å². The molecule has 1 fully saturated rings. The summed E-state index contributed by atoms with van der Waals surface area (Å²) >= 11 is 0. The zero-order valence-electron chi connectivity index (χ0n) is 10.1. The molecule has 0 N–H and O–H groups in total. The second kappa shape index (κ2) is 5.72. The minimum atomic E-state index is 0.403. The van der Waals surface area contributed by atoms with E-state index in [1.54, 1.807) is 0 Å². The molecule has 2 heteroatoms. The average molecular weight is 200 g/mol. The fourth-order valence-corrected chi connectivity index (χ4v) is 2.76. The highest BCUT2D eigenvalue weighted by molar-refractivity contribution is 4.55. The van der Waals surface area contributed by atoms with Gasteiger partial charge in [0, 0.05) is 6.92 Å². The van der Waals surface area contributed by atoms with Crippen molar-refractivity contribution in [3.05, 3.63) is 0 Å². The Hall–Kier alpha value is -0.0800. The Kier molecular flexibility index (Phi) is 4.90. The second-order valence-electron chi connectivity index (χ2n) is 4.50. The molecule has 84 valence electrons. The summed E-state index contributed by atoms with van der Waals surface area (Å²) in [4.78, 5) is 0. The smallest absolute Gasteiger partial charge is 0.190 e. The molecule has 0 saturated carbocycles. The first kappa shape index (κ1) is 12.0. The number of hydrogen-bond donors (Lipinski definition) is 0. The number of ether oxygens (including phenoxy) is 1. The molecule has 0 aliphatic carbocycles. The topological polar surface area (TPSA) is 9.23 Å². The Morgan fingerprint density at radius 3 is 2.29 bits per heavy atom. The van der Waals surface area contributed by atoms with E-state index in [4.69, 9.17) is 4.74 Å². The molecular weight excluding hydrogens is 174 g/mol. The first-order valence-corrected chi connectivity index (χ1v) is 6.22. The van der Waals surface area contributed by atoms with Crippen LogP contribution in [0.4, 0.5) is 0 Å². The summed E-state index contributed by atoms with van der Waals surface area (Å²) in [7, 11) is 0. The van der Waals surface area contributed by atoms with Gasteiger partial charge in [0.05, 0.1) is 26.2 Å². The summed E-state index contributed by atoms with van der Waals surface area (Å²) in [6.07, 6.45) is 5.87. The van der Waals surface area contributed by atoms with Gasteiger partial charge in [-0.2, -0.15) is 0 Å². The van der Waals surface area contributed by atoms with Crippen molar-refractivity contribution in [1.29, 1.82) is 0 Å². The Labute approximate surface area is 88.8 Å². The van der Waals surface area contributed by atoms with Crippen LogP contribution in [0.15, 0.2) is 0 Å². The Morgan fingerprint density at radius 2 is 1.79 bits per heavy atom. The van der Waals surface area contributed by atoms with E-state index >= 15 is 0 Å². The summed E-state index contributed by atoms with van der Waals surface area (Å²) in [6, 6.07) is 0. The molecule has 1 rings (SSSR count). The van der Waals surface area contributed by atoms with Crippen LogP contribution >= 0.6 is 0 Å². The summed E-state index contributed by atoms with van der Waals surface area (Å²) in [5.41, 5.74) is 0. The van der Waals surface area contributed by atoms with Gasteiger partial charge in [-0.05, 0) is 32.6 Å². The van der Waals surface area contributed by atoms with E-state index in [1.807, 2.05) is 0 Å². The first-order chi connectivity index (χ1) is 6.75. The van der Waals surface area contributed by atoms with Crippen molar-refractivity contribution in [1.82, 2.24) is 0 Å². The van der Waals surface area contributed by atoms with Gasteiger partial charge >= 0.3 is 0 Å². The molecule has 0 aromatic rings. The summed E-state index contributed by atoms with van der Waals surface area (Å²) in [6.45, 7) is 11.4. The van der Waals surface area contributed by atoms with E-state index in [1.165, 1.54) is 49.8 Å². The van der Waals surface area contributed by atoms with Crippen LogP contribution in [0.2, 0.25) is 0 Å². The molecule has 0 aromatic heterocycles. The van der Waals surface area contributed by atoms with E-state index in [0.717, 1.165) is 6.61 Å². The highest BCUT2D eigenvalue weighted by Crippen LogP contribution is 2.24. The van der Waals surface area contributed by atoms with Gasteiger partial charge in [-0.15, -0.1) is 0 Å². The fraction of sp³-hybridized carbons (Fsp3) is 1.00. The van der Waals surface area contributed by atoms with Crippen LogP contribution in [0, 0.1) is 0 Å². The predicted molar refractivity (Wildman–Crippen MR) is 60.1 cm³/mol. The molecule has 0 spiro atoms. The summed E-state index contributed by atoms with van der Waals surface area (Å²) < 4.78 is 7.02. The third-order valence-electron chi connectivity index (χ3n) is 3.56. The van der Waals surface area contributed by atoms with Crippen LogP contribution in [0.5, 0.6) is 0 Å². The van der Waals surface area contributed by atoms with Gasteiger partial charge < -0.3 is 4.74 Å². The maximum atomic E-state index is 5.81. The molecule has 1 heterocycles. The number of quaternary nitrogens is 1. The van der Waals surface area contributed by atoms with Crippen LogP contribution in [-0.2, 0) is 4.74 Å². The molecule has 1 unspecified atom stereocenters. The SMILES string of the molecule is CCC[N+]1(C(C)OCC)CCCCC1. The molecule has 1 aliphatic heterocycles. The van der Waals surface area contributed by atoms with Crippen LogP contribution in [-0.4, -0.2) is 37.0 Å². The van der Waals surface area contributed by atoms with E-state index in [-0.39, 0.29) is 0 Å². The maximum absolute atomic E-state index is 5.81. The van der Waals surface area contributed by atoms with E-state index in [0.29, 0.717) is 6.23 Å². The zero-order valence-corrected chi connectivity index (χ0v) is 10.1. The monoisotopic (exact) mass is 200 g/mol. The third kappa shape index (κ3) is 2.71. The number of rotatable bonds is 5. The summed E-state index contributed by atoms with van der Waals surface area (Å²) in [5, 5.41) is 0. The van der Waals surface area contributed by atoms with Crippen LogP contribution in [0.25, 0.3) is 0 Å². The van der Waals surface area contributed by atoms with Crippen LogP contribution in [0.1, 0.15) is 46.5 Å². The average Bonchev–Trinajstić information content (AvgIpc) is 2.20. The van der Waals surface area contributed by atoms with Gasteiger partial charge in [-0.1, -0.05) is 6.92 Å². The Balaban J connectivity index is 2.58. The normalized spacial score (nSPS) is 23.4. The summed E-state index contributed by atoms with van der Waals surface area (Å²) in [5.74, 6) is 0. The lowest BCUT2D eigenvalue weighted by atomic mass is 10.1. The lowest BCUT2D eigenvalue weighted by molar-refractivity contribution is -0.973. The predicted octanol–water partition coefficient (Wildman–Crippen LogP) is 2.78. The molecule has 2 nitrogen and oxygen atoms in total.